The first-order chi connectivity index (χ1) is 10.3. The molecule has 1 unspecified atom stereocenters. The first-order valence-corrected chi connectivity index (χ1v) is 8.20. The molecule has 1 N–H and O–H groups in total. The van der Waals surface area contributed by atoms with Crippen molar-refractivity contribution in [3.05, 3.63) is 71.3 Å². The van der Waals surface area contributed by atoms with E-state index in [1.807, 2.05) is 0 Å². The highest BCUT2D eigenvalue weighted by Crippen LogP contribution is 2.26. The highest BCUT2D eigenvalue weighted by molar-refractivity contribution is 5.34. The fourth-order valence-corrected chi connectivity index (χ4v) is 3.39. The Balaban J connectivity index is 1.87. The van der Waals surface area contributed by atoms with Gasteiger partial charge in [0.1, 0.15) is 0 Å². The molecule has 110 valence electrons. The summed E-state index contributed by atoms with van der Waals surface area (Å²) in [5, 5.41) is 3.92. The van der Waals surface area contributed by atoms with Gasteiger partial charge in [0, 0.05) is 6.04 Å². The topological polar surface area (TPSA) is 12.0 Å². The first-order valence-electron chi connectivity index (χ1n) is 8.20. The molecule has 0 aromatic heterocycles. The summed E-state index contributed by atoms with van der Waals surface area (Å²) >= 11 is 0. The summed E-state index contributed by atoms with van der Waals surface area (Å²) in [6.45, 7) is 2.17. The monoisotopic (exact) mass is 279 g/mol. The molecular weight excluding hydrogens is 254 g/mol. The molecule has 0 radical (unpaired) electrons. The summed E-state index contributed by atoms with van der Waals surface area (Å²) in [7, 11) is 0. The van der Waals surface area contributed by atoms with E-state index in [2.05, 4.69) is 66.8 Å². The highest BCUT2D eigenvalue weighted by Gasteiger charge is 2.20. The molecule has 1 heteroatoms. The lowest BCUT2D eigenvalue weighted by molar-refractivity contribution is 0.354. The van der Waals surface area contributed by atoms with E-state index >= 15 is 0 Å². The van der Waals surface area contributed by atoms with E-state index in [1.54, 1.807) is 0 Å². The molecule has 0 spiro atoms. The van der Waals surface area contributed by atoms with Crippen LogP contribution in [0.3, 0.4) is 0 Å². The van der Waals surface area contributed by atoms with Crippen molar-refractivity contribution in [2.24, 2.45) is 0 Å². The lowest BCUT2D eigenvalue weighted by Gasteiger charge is -2.29. The normalized spacial score (nSPS) is 17.6. The van der Waals surface area contributed by atoms with Gasteiger partial charge >= 0.3 is 0 Å². The summed E-state index contributed by atoms with van der Waals surface area (Å²) in [4.78, 5) is 0. The zero-order valence-electron chi connectivity index (χ0n) is 12.9. The smallest absolute Gasteiger partial charge is 0.0578 e. The van der Waals surface area contributed by atoms with Crippen molar-refractivity contribution >= 4 is 0 Å². The molecule has 1 saturated carbocycles. The maximum Gasteiger partial charge on any atom is 0.0578 e. The lowest BCUT2D eigenvalue weighted by atomic mass is 9.91. The number of nitrogens with one attached hydrogen (secondary N) is 1. The largest absolute Gasteiger partial charge is 0.303 e. The number of hydrogen-bond acceptors (Lipinski definition) is 1. The number of rotatable bonds is 4. The SMILES string of the molecule is Cc1cccc(C(NC2CCCCC2)c2ccccc2)c1. The second kappa shape index (κ2) is 6.91. The predicted molar refractivity (Wildman–Crippen MR) is 89.5 cm³/mol. The Labute approximate surface area is 128 Å². The van der Waals surface area contributed by atoms with E-state index < -0.39 is 0 Å². The fourth-order valence-electron chi connectivity index (χ4n) is 3.39. The van der Waals surface area contributed by atoms with Gasteiger partial charge in [-0.25, -0.2) is 0 Å². The van der Waals surface area contributed by atoms with E-state index in [0.717, 1.165) is 0 Å². The van der Waals surface area contributed by atoms with E-state index in [1.165, 1.54) is 48.8 Å². The molecule has 0 amide bonds. The van der Waals surface area contributed by atoms with Crippen LogP contribution in [-0.4, -0.2) is 6.04 Å². The molecule has 2 aromatic rings. The molecule has 1 aliphatic rings. The van der Waals surface area contributed by atoms with Crippen molar-refractivity contribution < 1.29 is 0 Å². The first kappa shape index (κ1) is 14.3. The van der Waals surface area contributed by atoms with Gasteiger partial charge in [-0.2, -0.15) is 0 Å². The molecule has 21 heavy (non-hydrogen) atoms. The molecular formula is C20H25N. The van der Waals surface area contributed by atoms with Gasteiger partial charge in [-0.15, -0.1) is 0 Å². The minimum absolute atomic E-state index is 0.314. The average molecular weight is 279 g/mol. The highest BCUT2D eigenvalue weighted by atomic mass is 15.0. The Kier molecular flexibility index (Phi) is 4.72. The van der Waals surface area contributed by atoms with Gasteiger partial charge < -0.3 is 5.32 Å². The molecule has 2 aromatic carbocycles. The maximum absolute atomic E-state index is 3.92. The molecule has 0 heterocycles. The van der Waals surface area contributed by atoms with Crippen molar-refractivity contribution in [1.29, 1.82) is 0 Å². The Hall–Kier alpha value is -1.60. The van der Waals surface area contributed by atoms with Gasteiger partial charge in [0.05, 0.1) is 6.04 Å². The summed E-state index contributed by atoms with van der Waals surface area (Å²) in [6.07, 6.45) is 6.77. The Morgan fingerprint density at radius 3 is 2.29 bits per heavy atom. The van der Waals surface area contributed by atoms with Crippen LogP contribution in [0.15, 0.2) is 54.6 Å². The van der Waals surface area contributed by atoms with Crippen LogP contribution < -0.4 is 5.32 Å². The number of benzene rings is 2. The van der Waals surface area contributed by atoms with Crippen molar-refractivity contribution in [1.82, 2.24) is 5.32 Å². The van der Waals surface area contributed by atoms with Crippen LogP contribution in [-0.2, 0) is 0 Å². The fraction of sp³-hybridized carbons (Fsp3) is 0.400. The van der Waals surface area contributed by atoms with Gasteiger partial charge in [0.2, 0.25) is 0 Å². The van der Waals surface area contributed by atoms with Gasteiger partial charge in [0.25, 0.3) is 0 Å². The van der Waals surface area contributed by atoms with Gasteiger partial charge in [-0.3, -0.25) is 0 Å². The predicted octanol–water partition coefficient (Wildman–Crippen LogP) is 5.01. The Morgan fingerprint density at radius 2 is 1.57 bits per heavy atom. The molecule has 3 rings (SSSR count). The molecule has 0 bridgehead atoms. The van der Waals surface area contributed by atoms with E-state index in [4.69, 9.17) is 0 Å². The zero-order valence-corrected chi connectivity index (χ0v) is 12.9. The van der Waals surface area contributed by atoms with Crippen LogP contribution in [0, 0.1) is 6.92 Å². The summed E-state index contributed by atoms with van der Waals surface area (Å²) in [5.41, 5.74) is 4.08. The van der Waals surface area contributed by atoms with Crippen LogP contribution in [0.2, 0.25) is 0 Å². The average Bonchev–Trinajstić information content (AvgIpc) is 2.54. The molecule has 1 atom stereocenters. The summed E-state index contributed by atoms with van der Waals surface area (Å²) in [6, 6.07) is 20.7. The molecule has 0 saturated heterocycles. The summed E-state index contributed by atoms with van der Waals surface area (Å²) < 4.78 is 0. The van der Waals surface area contributed by atoms with Gasteiger partial charge in [0.15, 0.2) is 0 Å². The molecule has 1 fully saturated rings. The van der Waals surface area contributed by atoms with Crippen molar-refractivity contribution in [3.8, 4) is 0 Å². The standard InChI is InChI=1S/C20H25N/c1-16-9-8-12-18(15-16)20(17-10-4-2-5-11-17)21-19-13-6-3-7-14-19/h2,4-5,8-12,15,19-21H,3,6-7,13-14H2,1H3. The van der Waals surface area contributed by atoms with Crippen LogP contribution >= 0.6 is 0 Å². The van der Waals surface area contributed by atoms with Crippen molar-refractivity contribution in [3.63, 3.8) is 0 Å². The Bertz CT molecular complexity index is 555. The summed E-state index contributed by atoms with van der Waals surface area (Å²) in [5.74, 6) is 0. The van der Waals surface area contributed by atoms with Crippen LogP contribution in [0.4, 0.5) is 0 Å². The van der Waals surface area contributed by atoms with Gasteiger partial charge in [-0.05, 0) is 30.9 Å². The van der Waals surface area contributed by atoms with E-state index in [9.17, 15) is 0 Å². The third kappa shape index (κ3) is 3.74. The van der Waals surface area contributed by atoms with Crippen molar-refractivity contribution in [2.45, 2.75) is 51.1 Å². The zero-order chi connectivity index (χ0) is 14.5. The molecule has 1 aliphatic carbocycles. The minimum atomic E-state index is 0.314. The van der Waals surface area contributed by atoms with Crippen LogP contribution in [0.25, 0.3) is 0 Å². The molecule has 1 nitrogen and oxygen atoms in total. The van der Waals surface area contributed by atoms with Crippen molar-refractivity contribution in [2.75, 3.05) is 0 Å². The van der Waals surface area contributed by atoms with E-state index in [-0.39, 0.29) is 0 Å². The molecule has 0 aliphatic heterocycles. The van der Waals surface area contributed by atoms with E-state index in [0.29, 0.717) is 12.1 Å². The third-order valence-corrected chi connectivity index (χ3v) is 4.52. The van der Waals surface area contributed by atoms with Crippen LogP contribution in [0.5, 0.6) is 0 Å². The lowest BCUT2D eigenvalue weighted by Crippen LogP contribution is -2.35. The quantitative estimate of drug-likeness (QED) is 0.830. The minimum Gasteiger partial charge on any atom is -0.303 e. The Morgan fingerprint density at radius 1 is 0.857 bits per heavy atom. The second-order valence-corrected chi connectivity index (χ2v) is 6.26. The maximum atomic E-state index is 3.92. The van der Waals surface area contributed by atoms with Gasteiger partial charge in [-0.1, -0.05) is 79.4 Å². The number of hydrogen-bond donors (Lipinski definition) is 1. The number of aryl methyl sites for hydroxylation is 1. The second-order valence-electron chi connectivity index (χ2n) is 6.26. The van der Waals surface area contributed by atoms with Crippen LogP contribution in [0.1, 0.15) is 54.8 Å². The third-order valence-electron chi connectivity index (χ3n) is 4.52.